The normalized spacial score (nSPS) is 24.5. The summed E-state index contributed by atoms with van der Waals surface area (Å²) in [6.45, 7) is 11.1. The maximum Gasteiger partial charge on any atom is 0.0391 e. The second-order valence-corrected chi connectivity index (χ2v) is 7.09. The van der Waals surface area contributed by atoms with Crippen LogP contribution in [0.1, 0.15) is 70.0 Å². The monoisotopic (exact) mass is 288 g/mol. The van der Waals surface area contributed by atoms with Crippen molar-refractivity contribution in [1.82, 2.24) is 4.90 Å². The molecule has 2 unspecified atom stereocenters. The van der Waals surface area contributed by atoms with Crippen LogP contribution in [0.2, 0.25) is 0 Å². The molecule has 0 amide bonds. The van der Waals surface area contributed by atoms with Gasteiger partial charge in [0.2, 0.25) is 0 Å². The first-order chi connectivity index (χ1) is 10.0. The molecule has 2 rings (SSSR count). The highest BCUT2D eigenvalue weighted by molar-refractivity contribution is 5.27. The van der Waals surface area contributed by atoms with Crippen molar-refractivity contribution in [2.45, 2.75) is 65.0 Å². The summed E-state index contributed by atoms with van der Waals surface area (Å²) in [6.07, 6.45) is 3.87. The van der Waals surface area contributed by atoms with Gasteiger partial charge in [0.25, 0.3) is 0 Å². The Morgan fingerprint density at radius 2 is 1.76 bits per heavy atom. The van der Waals surface area contributed by atoms with Crippen LogP contribution >= 0.6 is 0 Å². The smallest absolute Gasteiger partial charge is 0.0391 e. The molecule has 1 aliphatic heterocycles. The van der Waals surface area contributed by atoms with E-state index in [1.165, 1.54) is 36.9 Å². The topological polar surface area (TPSA) is 29.3 Å². The van der Waals surface area contributed by atoms with E-state index in [-0.39, 0.29) is 0 Å². The minimum absolute atomic E-state index is 0.485. The van der Waals surface area contributed by atoms with Crippen LogP contribution in [-0.2, 0) is 0 Å². The minimum Gasteiger partial charge on any atom is -0.330 e. The quantitative estimate of drug-likeness (QED) is 0.894. The molecule has 21 heavy (non-hydrogen) atoms. The van der Waals surface area contributed by atoms with Gasteiger partial charge in [0.1, 0.15) is 0 Å². The molecule has 0 radical (unpaired) electrons. The molecule has 1 aromatic carbocycles. The lowest BCUT2D eigenvalue weighted by Crippen LogP contribution is -2.39. The highest BCUT2D eigenvalue weighted by Gasteiger charge is 2.31. The lowest BCUT2D eigenvalue weighted by molar-refractivity contribution is 0.121. The van der Waals surface area contributed by atoms with Crippen molar-refractivity contribution in [2.24, 2.45) is 11.7 Å². The number of nitrogens with two attached hydrogens (primary N) is 1. The number of benzene rings is 1. The van der Waals surface area contributed by atoms with Crippen LogP contribution in [0.15, 0.2) is 24.3 Å². The summed E-state index contributed by atoms with van der Waals surface area (Å²) in [5, 5.41) is 0. The van der Waals surface area contributed by atoms with Gasteiger partial charge in [-0.05, 0) is 62.7 Å². The number of hydrogen-bond acceptors (Lipinski definition) is 2. The van der Waals surface area contributed by atoms with Gasteiger partial charge in [0, 0.05) is 12.1 Å². The van der Waals surface area contributed by atoms with Crippen molar-refractivity contribution in [3.05, 3.63) is 35.4 Å². The number of likely N-dealkylation sites (tertiary alicyclic amines) is 1. The van der Waals surface area contributed by atoms with E-state index in [1.807, 2.05) is 0 Å². The molecular weight excluding hydrogens is 256 g/mol. The maximum atomic E-state index is 6.11. The van der Waals surface area contributed by atoms with Gasteiger partial charge in [-0.25, -0.2) is 0 Å². The zero-order chi connectivity index (χ0) is 15.4. The first kappa shape index (κ1) is 16.5. The summed E-state index contributed by atoms with van der Waals surface area (Å²) >= 11 is 0. The summed E-state index contributed by atoms with van der Waals surface area (Å²) in [5.41, 5.74) is 8.99. The zero-order valence-electron chi connectivity index (χ0n) is 14.2. The Hall–Kier alpha value is -0.860. The Kier molecular flexibility index (Phi) is 5.83. The predicted molar refractivity (Wildman–Crippen MR) is 91.5 cm³/mol. The van der Waals surface area contributed by atoms with Crippen LogP contribution in [0.25, 0.3) is 0 Å². The molecule has 0 aromatic heterocycles. The molecule has 0 bridgehead atoms. The predicted octanol–water partition coefficient (Wildman–Crippen LogP) is 4.32. The zero-order valence-corrected chi connectivity index (χ0v) is 14.2. The standard InChI is InChI=1S/C19H32N2/c1-14(2)16-8-10-17(11-9-16)19-18(13-20)7-5-6-12-21(19)15(3)4/h8-11,14-15,18-19H,5-7,12-13,20H2,1-4H3. The van der Waals surface area contributed by atoms with E-state index < -0.39 is 0 Å². The third-order valence-corrected chi connectivity index (χ3v) is 4.96. The summed E-state index contributed by atoms with van der Waals surface area (Å²) in [7, 11) is 0. The highest BCUT2D eigenvalue weighted by atomic mass is 15.2. The van der Waals surface area contributed by atoms with Crippen LogP contribution in [0.3, 0.4) is 0 Å². The molecule has 2 N–H and O–H groups in total. The molecule has 118 valence electrons. The Labute approximate surface area is 130 Å². The van der Waals surface area contributed by atoms with Gasteiger partial charge in [-0.3, -0.25) is 4.90 Å². The first-order valence-electron chi connectivity index (χ1n) is 8.60. The average Bonchev–Trinajstić information content (AvgIpc) is 2.69. The van der Waals surface area contributed by atoms with Crippen molar-refractivity contribution in [1.29, 1.82) is 0 Å². The van der Waals surface area contributed by atoms with Gasteiger partial charge in [0.05, 0.1) is 0 Å². The number of rotatable bonds is 4. The second-order valence-electron chi connectivity index (χ2n) is 7.09. The molecule has 0 spiro atoms. The van der Waals surface area contributed by atoms with Crippen LogP contribution < -0.4 is 5.73 Å². The van der Waals surface area contributed by atoms with Crippen molar-refractivity contribution in [2.75, 3.05) is 13.1 Å². The third-order valence-electron chi connectivity index (χ3n) is 4.96. The van der Waals surface area contributed by atoms with Crippen molar-refractivity contribution < 1.29 is 0 Å². The van der Waals surface area contributed by atoms with E-state index in [0.29, 0.717) is 23.9 Å². The molecule has 1 aliphatic rings. The number of hydrogen-bond donors (Lipinski definition) is 1. The van der Waals surface area contributed by atoms with Gasteiger partial charge in [-0.15, -0.1) is 0 Å². The van der Waals surface area contributed by atoms with Crippen LogP contribution in [0.4, 0.5) is 0 Å². The van der Waals surface area contributed by atoms with Crippen molar-refractivity contribution in [3.63, 3.8) is 0 Å². The second kappa shape index (κ2) is 7.42. The van der Waals surface area contributed by atoms with E-state index in [0.717, 1.165) is 6.54 Å². The molecule has 1 aromatic rings. The lowest BCUT2D eigenvalue weighted by atomic mass is 9.87. The van der Waals surface area contributed by atoms with E-state index in [1.54, 1.807) is 0 Å². The van der Waals surface area contributed by atoms with E-state index in [9.17, 15) is 0 Å². The first-order valence-corrected chi connectivity index (χ1v) is 8.60. The summed E-state index contributed by atoms with van der Waals surface area (Å²) < 4.78 is 0. The Morgan fingerprint density at radius 1 is 1.10 bits per heavy atom. The molecule has 0 aliphatic carbocycles. The van der Waals surface area contributed by atoms with Gasteiger partial charge in [0.15, 0.2) is 0 Å². The summed E-state index contributed by atoms with van der Waals surface area (Å²) in [5.74, 6) is 1.18. The van der Waals surface area contributed by atoms with E-state index in [4.69, 9.17) is 5.73 Å². The average molecular weight is 288 g/mol. The molecule has 0 saturated carbocycles. The molecule has 1 saturated heterocycles. The fourth-order valence-corrected chi connectivity index (χ4v) is 3.64. The van der Waals surface area contributed by atoms with Gasteiger partial charge in [-0.2, -0.15) is 0 Å². The fraction of sp³-hybridized carbons (Fsp3) is 0.684. The van der Waals surface area contributed by atoms with E-state index >= 15 is 0 Å². The van der Waals surface area contributed by atoms with Gasteiger partial charge in [-0.1, -0.05) is 44.5 Å². The van der Waals surface area contributed by atoms with Gasteiger partial charge < -0.3 is 5.73 Å². The third kappa shape index (κ3) is 3.87. The SMILES string of the molecule is CC(C)c1ccc(C2C(CN)CCCCN2C(C)C)cc1. The highest BCUT2D eigenvalue weighted by Crippen LogP contribution is 2.36. The maximum absolute atomic E-state index is 6.11. The largest absolute Gasteiger partial charge is 0.330 e. The van der Waals surface area contributed by atoms with Crippen LogP contribution in [-0.4, -0.2) is 24.0 Å². The Bertz CT molecular complexity index is 422. The molecule has 2 atom stereocenters. The van der Waals surface area contributed by atoms with Crippen LogP contribution in [0, 0.1) is 5.92 Å². The van der Waals surface area contributed by atoms with Gasteiger partial charge >= 0.3 is 0 Å². The minimum atomic E-state index is 0.485. The van der Waals surface area contributed by atoms with Crippen LogP contribution in [0.5, 0.6) is 0 Å². The molecule has 1 fully saturated rings. The molecule has 2 nitrogen and oxygen atoms in total. The van der Waals surface area contributed by atoms with Crippen molar-refractivity contribution >= 4 is 0 Å². The number of nitrogens with zero attached hydrogens (tertiary/aromatic N) is 1. The molecule has 2 heteroatoms. The summed E-state index contributed by atoms with van der Waals surface area (Å²) in [4.78, 5) is 2.66. The Morgan fingerprint density at radius 3 is 2.29 bits per heavy atom. The summed E-state index contributed by atoms with van der Waals surface area (Å²) in [6, 6.07) is 10.3. The van der Waals surface area contributed by atoms with Crippen molar-refractivity contribution in [3.8, 4) is 0 Å². The Balaban J connectivity index is 2.32. The fourth-order valence-electron chi connectivity index (χ4n) is 3.64. The lowest BCUT2D eigenvalue weighted by Gasteiger charge is -2.38. The molecule has 1 heterocycles. The van der Waals surface area contributed by atoms with E-state index in [2.05, 4.69) is 56.9 Å². The molecular formula is C19H32N2.